The molecule has 0 saturated heterocycles. The highest BCUT2D eigenvalue weighted by molar-refractivity contribution is 7.10. The lowest BCUT2D eigenvalue weighted by molar-refractivity contribution is -0.385. The number of hydrogen-bond donors (Lipinski definition) is 1. The first-order valence-electron chi connectivity index (χ1n) is 6.79. The van der Waals surface area contributed by atoms with Gasteiger partial charge in [0.25, 0.3) is 5.69 Å². The number of rotatable bonds is 3. The molecule has 1 aromatic heterocycles. The zero-order chi connectivity index (χ0) is 15.0. The van der Waals surface area contributed by atoms with Crippen LogP contribution >= 0.6 is 11.3 Å². The van der Waals surface area contributed by atoms with E-state index in [9.17, 15) is 15.2 Å². The van der Waals surface area contributed by atoms with Crippen LogP contribution in [0.25, 0.3) is 0 Å². The fraction of sp³-hybridized carbons (Fsp3) is 0.333. The van der Waals surface area contributed by atoms with Gasteiger partial charge in [0.2, 0.25) is 0 Å². The van der Waals surface area contributed by atoms with Crippen molar-refractivity contribution in [1.82, 2.24) is 4.90 Å². The van der Waals surface area contributed by atoms with E-state index in [1.54, 1.807) is 23.5 Å². The fourth-order valence-corrected chi connectivity index (χ4v) is 3.88. The van der Waals surface area contributed by atoms with E-state index in [0.29, 0.717) is 18.7 Å². The average molecular weight is 304 g/mol. The number of nitrogens with zero attached hydrogens (tertiary/aromatic N) is 2. The minimum absolute atomic E-state index is 0.135. The van der Waals surface area contributed by atoms with Crippen molar-refractivity contribution >= 4 is 17.0 Å². The van der Waals surface area contributed by atoms with Crippen molar-refractivity contribution in [3.05, 3.63) is 61.8 Å². The lowest BCUT2D eigenvalue weighted by Crippen LogP contribution is -2.35. The molecule has 21 heavy (non-hydrogen) atoms. The number of β-amino-alcohol motifs (C(OH)–C–C–N with tert-alkyl or cyclic N) is 1. The first kappa shape index (κ1) is 14.2. The molecule has 1 aromatic carbocycles. The summed E-state index contributed by atoms with van der Waals surface area (Å²) in [6.45, 7) is 3.04. The predicted octanol–water partition coefficient (Wildman–Crippen LogP) is 3.27. The van der Waals surface area contributed by atoms with Gasteiger partial charge in [-0.2, -0.15) is 0 Å². The molecule has 110 valence electrons. The number of fused-ring (bicyclic) bond motifs is 1. The Bertz CT molecular complexity index is 670. The summed E-state index contributed by atoms with van der Waals surface area (Å²) < 4.78 is 0. The molecular weight excluding hydrogens is 288 g/mol. The normalized spacial score (nSPS) is 22.0. The molecule has 0 bridgehead atoms. The molecule has 0 amide bonds. The number of aliphatic hydroxyl groups excluding tert-OH is 1. The molecule has 1 aliphatic rings. The summed E-state index contributed by atoms with van der Waals surface area (Å²) in [7, 11) is 0. The molecule has 0 saturated carbocycles. The van der Waals surface area contributed by atoms with Gasteiger partial charge in [-0.15, -0.1) is 11.3 Å². The first-order chi connectivity index (χ1) is 10.1. The van der Waals surface area contributed by atoms with E-state index in [4.69, 9.17) is 0 Å². The molecule has 3 rings (SSSR count). The smallest absolute Gasteiger partial charge is 0.273 e. The highest BCUT2D eigenvalue weighted by Gasteiger charge is 2.31. The Labute approximate surface area is 126 Å². The molecule has 1 N–H and O–H groups in total. The number of thiophene rings is 1. The van der Waals surface area contributed by atoms with E-state index in [1.807, 2.05) is 17.5 Å². The van der Waals surface area contributed by atoms with Crippen LogP contribution in [0.5, 0.6) is 0 Å². The standard InChI is InChI=1S/C15H16N2O3S/c1-10-15-12(6-7-21-15)14(18)9-16(10)8-11-4-2-3-5-13(11)17(19)20/h2-7,10,14,18H,8-9H2,1H3. The molecule has 2 atom stereocenters. The topological polar surface area (TPSA) is 66.6 Å². The van der Waals surface area contributed by atoms with E-state index in [1.165, 1.54) is 6.07 Å². The average Bonchev–Trinajstić information content (AvgIpc) is 2.95. The highest BCUT2D eigenvalue weighted by Crippen LogP contribution is 2.39. The minimum atomic E-state index is -0.523. The third-order valence-corrected chi connectivity index (χ3v) is 5.09. The largest absolute Gasteiger partial charge is 0.387 e. The van der Waals surface area contributed by atoms with E-state index >= 15 is 0 Å². The monoisotopic (exact) mass is 304 g/mol. The Balaban J connectivity index is 1.88. The maximum absolute atomic E-state index is 11.1. The van der Waals surface area contributed by atoms with Crippen LogP contribution in [-0.2, 0) is 6.54 Å². The molecule has 0 radical (unpaired) electrons. The summed E-state index contributed by atoms with van der Waals surface area (Å²) in [5, 5.41) is 23.3. The predicted molar refractivity (Wildman–Crippen MR) is 81.2 cm³/mol. The lowest BCUT2D eigenvalue weighted by Gasteiger charge is -2.35. The number of nitro groups is 1. The molecular formula is C15H16N2O3S. The van der Waals surface area contributed by atoms with Gasteiger partial charge in [0.15, 0.2) is 0 Å². The van der Waals surface area contributed by atoms with E-state index in [2.05, 4.69) is 11.8 Å². The SMILES string of the molecule is CC1c2sccc2C(O)CN1Cc1ccccc1[N+](=O)[O-]. The number of nitro benzene ring substituents is 1. The van der Waals surface area contributed by atoms with E-state index in [-0.39, 0.29) is 16.7 Å². The molecule has 6 heteroatoms. The Kier molecular flexibility index (Phi) is 3.75. The van der Waals surface area contributed by atoms with Crippen molar-refractivity contribution in [1.29, 1.82) is 0 Å². The van der Waals surface area contributed by atoms with Crippen molar-refractivity contribution in [3.63, 3.8) is 0 Å². The summed E-state index contributed by atoms with van der Waals surface area (Å²) in [5.74, 6) is 0. The summed E-state index contributed by atoms with van der Waals surface area (Å²) >= 11 is 1.63. The zero-order valence-corrected chi connectivity index (χ0v) is 12.4. The fourth-order valence-electron chi connectivity index (χ4n) is 2.83. The number of benzene rings is 1. The van der Waals surface area contributed by atoms with Gasteiger partial charge in [0.05, 0.1) is 11.0 Å². The second kappa shape index (κ2) is 5.55. The van der Waals surface area contributed by atoms with Crippen molar-refractivity contribution in [2.45, 2.75) is 25.6 Å². The maximum atomic E-state index is 11.1. The summed E-state index contributed by atoms with van der Waals surface area (Å²) in [6, 6.07) is 8.90. The third kappa shape index (κ3) is 2.57. The van der Waals surface area contributed by atoms with Gasteiger partial charge in [-0.1, -0.05) is 18.2 Å². The molecule has 2 unspecified atom stereocenters. The summed E-state index contributed by atoms with van der Waals surface area (Å²) in [5.41, 5.74) is 1.81. The summed E-state index contributed by atoms with van der Waals surface area (Å²) in [4.78, 5) is 14.0. The van der Waals surface area contributed by atoms with E-state index in [0.717, 1.165) is 10.4 Å². The number of para-hydroxylation sites is 1. The molecule has 2 aromatic rings. The molecule has 0 spiro atoms. The molecule has 5 nitrogen and oxygen atoms in total. The van der Waals surface area contributed by atoms with Crippen molar-refractivity contribution < 1.29 is 10.0 Å². The van der Waals surface area contributed by atoms with Crippen LogP contribution < -0.4 is 0 Å². The van der Waals surface area contributed by atoms with Gasteiger partial charge in [-0.3, -0.25) is 15.0 Å². The third-order valence-electron chi connectivity index (χ3n) is 3.98. The van der Waals surface area contributed by atoms with Crippen LogP contribution in [0, 0.1) is 10.1 Å². The van der Waals surface area contributed by atoms with Gasteiger partial charge in [0, 0.05) is 35.6 Å². The number of aliphatic hydroxyl groups is 1. The van der Waals surface area contributed by atoms with Crippen LogP contribution in [0.2, 0.25) is 0 Å². The first-order valence-corrected chi connectivity index (χ1v) is 7.67. The van der Waals surface area contributed by atoms with Crippen LogP contribution in [0.3, 0.4) is 0 Å². The highest BCUT2D eigenvalue weighted by atomic mass is 32.1. The van der Waals surface area contributed by atoms with Gasteiger partial charge >= 0.3 is 0 Å². The van der Waals surface area contributed by atoms with E-state index < -0.39 is 6.10 Å². The Morgan fingerprint density at radius 3 is 2.95 bits per heavy atom. The Morgan fingerprint density at radius 1 is 1.43 bits per heavy atom. The molecule has 0 fully saturated rings. The van der Waals surface area contributed by atoms with Crippen LogP contribution in [-0.4, -0.2) is 21.5 Å². The second-order valence-electron chi connectivity index (χ2n) is 5.25. The van der Waals surface area contributed by atoms with Crippen molar-refractivity contribution in [2.75, 3.05) is 6.54 Å². The van der Waals surface area contributed by atoms with Crippen molar-refractivity contribution in [2.24, 2.45) is 0 Å². The van der Waals surface area contributed by atoms with Crippen molar-refractivity contribution in [3.8, 4) is 0 Å². The van der Waals surface area contributed by atoms with Gasteiger partial charge < -0.3 is 5.11 Å². The molecule has 2 heterocycles. The quantitative estimate of drug-likeness (QED) is 0.698. The molecule has 1 aliphatic heterocycles. The minimum Gasteiger partial charge on any atom is -0.387 e. The van der Waals surface area contributed by atoms with Gasteiger partial charge in [-0.05, 0) is 23.9 Å². The second-order valence-corrected chi connectivity index (χ2v) is 6.19. The zero-order valence-electron chi connectivity index (χ0n) is 11.6. The number of hydrogen-bond acceptors (Lipinski definition) is 5. The Hall–Kier alpha value is -1.76. The van der Waals surface area contributed by atoms with Gasteiger partial charge in [0.1, 0.15) is 0 Å². The Morgan fingerprint density at radius 2 is 2.19 bits per heavy atom. The van der Waals surface area contributed by atoms with Crippen LogP contribution in [0.1, 0.15) is 35.1 Å². The van der Waals surface area contributed by atoms with Crippen LogP contribution in [0.15, 0.2) is 35.7 Å². The maximum Gasteiger partial charge on any atom is 0.273 e. The summed E-state index contributed by atoms with van der Waals surface area (Å²) in [6.07, 6.45) is -0.523. The van der Waals surface area contributed by atoms with Gasteiger partial charge in [-0.25, -0.2) is 0 Å². The van der Waals surface area contributed by atoms with Crippen LogP contribution in [0.4, 0.5) is 5.69 Å². The molecule has 0 aliphatic carbocycles. The lowest BCUT2D eigenvalue weighted by atomic mass is 9.99.